The van der Waals surface area contributed by atoms with Crippen molar-refractivity contribution < 1.29 is 9.90 Å². The number of benzene rings is 2. The van der Waals surface area contributed by atoms with E-state index in [1.807, 2.05) is 30.3 Å². The van der Waals surface area contributed by atoms with Crippen LogP contribution in [0.15, 0.2) is 65.8 Å². The molecule has 1 atom stereocenters. The molecule has 0 radical (unpaired) electrons. The minimum atomic E-state index is -1.29. The minimum Gasteiger partial charge on any atom is -0.378 e. The van der Waals surface area contributed by atoms with E-state index in [1.54, 1.807) is 41.9 Å². The van der Waals surface area contributed by atoms with Gasteiger partial charge < -0.3 is 5.11 Å². The lowest BCUT2D eigenvalue weighted by Gasteiger charge is -2.08. The van der Waals surface area contributed by atoms with E-state index in [0.29, 0.717) is 22.0 Å². The van der Waals surface area contributed by atoms with Crippen LogP contribution in [-0.2, 0) is 4.79 Å². The molecule has 0 aliphatic carbocycles. The van der Waals surface area contributed by atoms with E-state index in [0.717, 1.165) is 5.69 Å². The lowest BCUT2D eigenvalue weighted by Crippen LogP contribution is -2.25. The summed E-state index contributed by atoms with van der Waals surface area (Å²) in [4.78, 5) is 12.0. The molecule has 0 saturated heterocycles. The van der Waals surface area contributed by atoms with Crippen LogP contribution in [0.1, 0.15) is 22.9 Å². The Morgan fingerprint density at radius 3 is 2.46 bits per heavy atom. The fourth-order valence-electron chi connectivity index (χ4n) is 2.41. The van der Waals surface area contributed by atoms with E-state index in [1.165, 1.54) is 6.21 Å². The van der Waals surface area contributed by atoms with Crippen LogP contribution in [0.3, 0.4) is 0 Å². The monoisotopic (exact) mass is 368 g/mol. The normalized spacial score (nSPS) is 12.3. The third-order valence-electron chi connectivity index (χ3n) is 3.78. The van der Waals surface area contributed by atoms with Gasteiger partial charge in [0.1, 0.15) is 5.15 Å². The lowest BCUT2D eigenvalue weighted by atomic mass is 10.1. The number of hydrogen-bond acceptors (Lipinski definition) is 4. The molecule has 1 amide bonds. The Labute approximate surface area is 155 Å². The van der Waals surface area contributed by atoms with Crippen molar-refractivity contribution in [2.24, 2.45) is 5.10 Å². The smallest absolute Gasteiger partial charge is 0.273 e. The van der Waals surface area contributed by atoms with Gasteiger partial charge in [-0.25, -0.2) is 10.1 Å². The molecule has 0 saturated carbocycles. The predicted molar refractivity (Wildman–Crippen MR) is 100 cm³/mol. The van der Waals surface area contributed by atoms with Crippen molar-refractivity contribution in [2.75, 3.05) is 0 Å². The second-order valence-corrected chi connectivity index (χ2v) is 5.94. The van der Waals surface area contributed by atoms with Gasteiger partial charge in [-0.1, -0.05) is 60.1 Å². The highest BCUT2D eigenvalue weighted by atomic mass is 35.5. The fourth-order valence-corrected chi connectivity index (χ4v) is 2.73. The van der Waals surface area contributed by atoms with Crippen LogP contribution in [0.2, 0.25) is 5.15 Å². The van der Waals surface area contributed by atoms with Crippen molar-refractivity contribution >= 4 is 23.7 Å². The van der Waals surface area contributed by atoms with Gasteiger partial charge in [-0.3, -0.25) is 4.79 Å². The van der Waals surface area contributed by atoms with Crippen molar-refractivity contribution in [3.05, 3.63) is 82.6 Å². The zero-order valence-corrected chi connectivity index (χ0v) is 14.8. The number of hydrazone groups is 1. The molecule has 0 aliphatic rings. The minimum absolute atomic E-state index is 0.385. The first-order chi connectivity index (χ1) is 12.6. The number of amides is 1. The van der Waals surface area contributed by atoms with E-state index in [-0.39, 0.29) is 0 Å². The number of para-hydroxylation sites is 1. The van der Waals surface area contributed by atoms with Crippen LogP contribution >= 0.6 is 11.6 Å². The van der Waals surface area contributed by atoms with E-state index in [9.17, 15) is 9.90 Å². The first-order valence-electron chi connectivity index (χ1n) is 7.94. The number of aromatic nitrogens is 2. The molecule has 0 fully saturated rings. The Bertz CT molecular complexity index is 923. The SMILES string of the molecule is Cc1nn(-c2ccccc2)c(Cl)c1/C=N/NC(=O)C(O)c1ccccc1. The van der Waals surface area contributed by atoms with Crippen LogP contribution in [0, 0.1) is 6.92 Å². The molecule has 0 spiro atoms. The first-order valence-corrected chi connectivity index (χ1v) is 8.32. The summed E-state index contributed by atoms with van der Waals surface area (Å²) >= 11 is 6.39. The summed E-state index contributed by atoms with van der Waals surface area (Å²) in [5.74, 6) is -0.628. The summed E-state index contributed by atoms with van der Waals surface area (Å²) in [5.41, 5.74) is 4.89. The second-order valence-electron chi connectivity index (χ2n) is 5.58. The van der Waals surface area contributed by atoms with E-state index >= 15 is 0 Å². The predicted octanol–water partition coefficient (Wildman–Crippen LogP) is 3.02. The molecule has 3 aromatic rings. The topological polar surface area (TPSA) is 79.5 Å². The maximum Gasteiger partial charge on any atom is 0.273 e. The van der Waals surface area contributed by atoms with Crippen LogP contribution in [-0.4, -0.2) is 27.0 Å². The average Bonchev–Trinajstić information content (AvgIpc) is 2.97. The highest BCUT2D eigenvalue weighted by molar-refractivity contribution is 6.32. The largest absolute Gasteiger partial charge is 0.378 e. The molecule has 7 heteroatoms. The number of nitrogens with one attached hydrogen (secondary N) is 1. The standard InChI is InChI=1S/C19H17ClN4O2/c1-13-16(18(20)24(23-13)15-10-6-3-7-11-15)12-21-22-19(26)17(25)14-8-4-2-5-9-14/h2-12,17,25H,1H3,(H,22,26)/b21-12+. The number of carbonyl (C=O) groups is 1. The Hall–Kier alpha value is -2.96. The lowest BCUT2D eigenvalue weighted by molar-refractivity contribution is -0.129. The quantitative estimate of drug-likeness (QED) is 0.536. The molecule has 132 valence electrons. The van der Waals surface area contributed by atoms with E-state index in [2.05, 4.69) is 15.6 Å². The van der Waals surface area contributed by atoms with Gasteiger partial charge in [0.25, 0.3) is 5.91 Å². The number of aliphatic hydroxyl groups excluding tert-OH is 1. The van der Waals surface area contributed by atoms with Crippen LogP contribution in [0.25, 0.3) is 5.69 Å². The summed E-state index contributed by atoms with van der Waals surface area (Å²) in [7, 11) is 0. The van der Waals surface area contributed by atoms with Gasteiger partial charge >= 0.3 is 0 Å². The van der Waals surface area contributed by atoms with E-state index in [4.69, 9.17) is 11.6 Å². The molecule has 1 unspecified atom stereocenters. The van der Waals surface area contributed by atoms with Crippen molar-refractivity contribution in [2.45, 2.75) is 13.0 Å². The Morgan fingerprint density at radius 2 is 1.81 bits per heavy atom. The number of nitrogens with zero attached hydrogens (tertiary/aromatic N) is 3. The van der Waals surface area contributed by atoms with Crippen molar-refractivity contribution in [1.29, 1.82) is 0 Å². The molecule has 2 aromatic carbocycles. The van der Waals surface area contributed by atoms with Crippen LogP contribution in [0.5, 0.6) is 0 Å². The fraction of sp³-hybridized carbons (Fsp3) is 0.105. The summed E-state index contributed by atoms with van der Waals surface area (Å²) < 4.78 is 1.60. The van der Waals surface area contributed by atoms with Crippen LogP contribution in [0.4, 0.5) is 0 Å². The van der Waals surface area contributed by atoms with Gasteiger partial charge in [0.15, 0.2) is 6.10 Å². The maximum atomic E-state index is 12.0. The zero-order chi connectivity index (χ0) is 18.5. The van der Waals surface area contributed by atoms with Gasteiger partial charge in [0.05, 0.1) is 23.2 Å². The number of rotatable bonds is 5. The molecule has 2 N–H and O–H groups in total. The van der Waals surface area contributed by atoms with Crippen molar-refractivity contribution in [1.82, 2.24) is 15.2 Å². The van der Waals surface area contributed by atoms with Gasteiger partial charge in [-0.2, -0.15) is 10.2 Å². The molecule has 0 aliphatic heterocycles. The summed E-state index contributed by atoms with van der Waals surface area (Å²) in [6.07, 6.45) is 0.122. The first kappa shape index (κ1) is 17.8. The molecular formula is C19H17ClN4O2. The Balaban J connectivity index is 1.73. The number of aliphatic hydroxyl groups is 1. The molecule has 6 nitrogen and oxygen atoms in total. The molecule has 0 bridgehead atoms. The Morgan fingerprint density at radius 1 is 1.19 bits per heavy atom. The van der Waals surface area contributed by atoms with Gasteiger partial charge in [0, 0.05) is 0 Å². The summed E-state index contributed by atoms with van der Waals surface area (Å²) in [6, 6.07) is 18.1. The van der Waals surface area contributed by atoms with E-state index < -0.39 is 12.0 Å². The Kier molecular flexibility index (Phi) is 5.46. The third-order valence-corrected chi connectivity index (χ3v) is 4.14. The molecular weight excluding hydrogens is 352 g/mol. The average molecular weight is 369 g/mol. The maximum absolute atomic E-state index is 12.0. The number of hydrogen-bond donors (Lipinski definition) is 2. The highest BCUT2D eigenvalue weighted by Crippen LogP contribution is 2.21. The van der Waals surface area contributed by atoms with Gasteiger partial charge in [-0.05, 0) is 24.6 Å². The molecule has 1 aromatic heterocycles. The highest BCUT2D eigenvalue weighted by Gasteiger charge is 2.17. The summed E-state index contributed by atoms with van der Waals surface area (Å²) in [6.45, 7) is 1.80. The van der Waals surface area contributed by atoms with Crippen LogP contribution < -0.4 is 5.43 Å². The van der Waals surface area contributed by atoms with Gasteiger partial charge in [-0.15, -0.1) is 0 Å². The van der Waals surface area contributed by atoms with Crippen molar-refractivity contribution in [3.63, 3.8) is 0 Å². The molecule has 26 heavy (non-hydrogen) atoms. The number of carbonyl (C=O) groups excluding carboxylic acids is 1. The van der Waals surface area contributed by atoms with Crippen molar-refractivity contribution in [3.8, 4) is 5.69 Å². The molecule has 3 rings (SSSR count). The number of aryl methyl sites for hydroxylation is 1. The van der Waals surface area contributed by atoms with Gasteiger partial charge in [0.2, 0.25) is 0 Å². The molecule has 1 heterocycles. The zero-order valence-electron chi connectivity index (χ0n) is 14.0. The summed E-state index contributed by atoms with van der Waals surface area (Å²) in [5, 5.41) is 18.7. The second kappa shape index (κ2) is 7.95. The third kappa shape index (κ3) is 3.82. The number of halogens is 1.